The molecule has 1 N–H and O–H groups in total. The Labute approximate surface area is 227 Å². The van der Waals surface area contributed by atoms with Crippen LogP contribution in [0.5, 0.6) is 5.75 Å². The van der Waals surface area contributed by atoms with E-state index in [2.05, 4.69) is 27.2 Å². The first kappa shape index (κ1) is 28.4. The van der Waals surface area contributed by atoms with Crippen molar-refractivity contribution in [2.45, 2.75) is 58.7 Å². The van der Waals surface area contributed by atoms with E-state index >= 15 is 4.39 Å². The Kier molecular flexibility index (Phi) is 8.17. The van der Waals surface area contributed by atoms with E-state index < -0.39 is 21.7 Å². The van der Waals surface area contributed by atoms with Crippen LogP contribution in [0.1, 0.15) is 55.2 Å². The summed E-state index contributed by atoms with van der Waals surface area (Å²) in [5.41, 5.74) is 1.68. The Morgan fingerprint density at radius 1 is 1.28 bits per heavy atom. The molecule has 3 heterocycles. The van der Waals surface area contributed by atoms with Gasteiger partial charge in [0.25, 0.3) is 5.91 Å². The second kappa shape index (κ2) is 11.2. The minimum absolute atomic E-state index is 0.107. The highest BCUT2D eigenvalue weighted by Gasteiger charge is 2.33. The number of amides is 1. The predicted molar refractivity (Wildman–Crippen MR) is 145 cm³/mol. The van der Waals surface area contributed by atoms with Gasteiger partial charge in [0.05, 0.1) is 24.0 Å². The molecule has 3 aromatic rings. The van der Waals surface area contributed by atoms with Crippen LogP contribution in [0.3, 0.4) is 0 Å². The first-order chi connectivity index (χ1) is 18.4. The number of aromatic nitrogens is 4. The molecule has 0 spiro atoms. The van der Waals surface area contributed by atoms with Gasteiger partial charge in [-0.3, -0.25) is 9.78 Å². The molecule has 1 aliphatic rings. The number of ether oxygens (including phenoxy) is 1. The molecule has 2 aromatic heterocycles. The van der Waals surface area contributed by atoms with Crippen LogP contribution in [0.25, 0.3) is 11.1 Å². The van der Waals surface area contributed by atoms with Gasteiger partial charge in [0.1, 0.15) is 18.2 Å². The average Bonchev–Trinajstić information content (AvgIpc) is 3.59. The largest absolute Gasteiger partial charge is 0.490 e. The highest BCUT2D eigenvalue weighted by molar-refractivity contribution is 7.92. The number of pyridine rings is 1. The van der Waals surface area contributed by atoms with Gasteiger partial charge in [0.15, 0.2) is 5.69 Å². The third-order valence-corrected chi connectivity index (χ3v) is 8.27. The monoisotopic (exact) mass is 556 g/mol. The number of carbonyl (C=O) groups excluding carboxylic acids is 1. The van der Waals surface area contributed by atoms with Gasteiger partial charge >= 0.3 is 0 Å². The summed E-state index contributed by atoms with van der Waals surface area (Å²) in [5.74, 6) is -0.506. The zero-order valence-electron chi connectivity index (χ0n) is 22.5. The van der Waals surface area contributed by atoms with E-state index in [1.165, 1.54) is 10.5 Å². The molecule has 1 amide bonds. The maximum Gasteiger partial charge on any atom is 0.273 e. The molecule has 1 fully saturated rings. The predicted octanol–water partition coefficient (Wildman–Crippen LogP) is 3.79. The van der Waals surface area contributed by atoms with E-state index in [1.54, 1.807) is 42.2 Å². The topological polar surface area (TPSA) is 119 Å². The van der Waals surface area contributed by atoms with Crippen molar-refractivity contribution in [3.63, 3.8) is 0 Å². The Balaban J connectivity index is 1.48. The van der Waals surface area contributed by atoms with Crippen molar-refractivity contribution in [1.29, 1.82) is 0 Å². The van der Waals surface area contributed by atoms with E-state index in [0.717, 1.165) is 11.8 Å². The van der Waals surface area contributed by atoms with Gasteiger partial charge in [-0.2, -0.15) is 4.31 Å². The lowest BCUT2D eigenvalue weighted by Gasteiger charge is -2.23. The SMILES string of the molecule is C=CS(=O)(=O)N1CCCC1COc1cnccc1-c1ccc(CNC(=O)c2cn(C(C)(C)C)nn2)c(C)c1F. The Bertz CT molecular complexity index is 1480. The molecular weight excluding hydrogens is 523 g/mol. The standard InChI is InChI=1S/C27H33FN6O4S/c1-6-39(36,37)33-13-7-8-20(33)17-38-24-15-29-12-11-21(24)22-10-9-19(18(2)25(22)28)14-30-26(35)23-16-34(32-31-23)27(3,4)5/h6,9-12,15-16,20H,1,7-8,13-14,17H2,2-5H3,(H,30,35). The summed E-state index contributed by atoms with van der Waals surface area (Å²) < 4.78 is 49.2. The smallest absolute Gasteiger partial charge is 0.273 e. The average molecular weight is 557 g/mol. The molecule has 1 unspecified atom stereocenters. The minimum atomic E-state index is -3.56. The fraction of sp³-hybridized carbons (Fsp3) is 0.407. The van der Waals surface area contributed by atoms with Crippen molar-refractivity contribution in [3.05, 3.63) is 71.4 Å². The maximum absolute atomic E-state index is 15.6. The van der Waals surface area contributed by atoms with Gasteiger partial charge in [0.2, 0.25) is 10.0 Å². The first-order valence-electron chi connectivity index (χ1n) is 12.6. The summed E-state index contributed by atoms with van der Waals surface area (Å²) >= 11 is 0. The number of nitrogens with zero attached hydrogens (tertiary/aromatic N) is 5. The van der Waals surface area contributed by atoms with E-state index in [-0.39, 0.29) is 30.4 Å². The molecule has 0 radical (unpaired) electrons. The number of hydrogen-bond donors (Lipinski definition) is 1. The van der Waals surface area contributed by atoms with Gasteiger partial charge in [-0.15, -0.1) is 5.10 Å². The Hall–Kier alpha value is -3.64. The molecule has 4 rings (SSSR count). The highest BCUT2D eigenvalue weighted by atomic mass is 32.2. The molecule has 1 atom stereocenters. The number of carbonyl (C=O) groups is 1. The molecule has 0 aliphatic carbocycles. The van der Waals surface area contributed by atoms with Crippen LogP contribution in [0.4, 0.5) is 4.39 Å². The maximum atomic E-state index is 15.6. The quantitative estimate of drug-likeness (QED) is 0.426. The van der Waals surface area contributed by atoms with Crippen molar-refractivity contribution >= 4 is 15.9 Å². The number of rotatable bonds is 9. The molecule has 1 aromatic carbocycles. The van der Waals surface area contributed by atoms with Crippen LogP contribution in [0, 0.1) is 12.7 Å². The lowest BCUT2D eigenvalue weighted by molar-refractivity contribution is 0.0945. The Morgan fingerprint density at radius 3 is 2.74 bits per heavy atom. The van der Waals surface area contributed by atoms with Crippen molar-refractivity contribution in [2.24, 2.45) is 0 Å². The van der Waals surface area contributed by atoms with E-state index in [1.807, 2.05) is 20.8 Å². The summed E-state index contributed by atoms with van der Waals surface area (Å²) in [7, 11) is -3.56. The number of halogens is 1. The molecule has 12 heteroatoms. The lowest BCUT2D eigenvalue weighted by Crippen LogP contribution is -2.37. The highest BCUT2D eigenvalue weighted by Crippen LogP contribution is 2.34. The summed E-state index contributed by atoms with van der Waals surface area (Å²) in [6, 6.07) is 4.69. The van der Waals surface area contributed by atoms with Gasteiger partial charge in [0, 0.05) is 35.8 Å². The van der Waals surface area contributed by atoms with E-state index in [4.69, 9.17) is 4.74 Å². The molecule has 0 saturated carbocycles. The normalized spacial score (nSPS) is 16.3. The zero-order valence-corrected chi connectivity index (χ0v) is 23.3. The zero-order chi connectivity index (χ0) is 28.4. The van der Waals surface area contributed by atoms with E-state index in [0.29, 0.717) is 41.0 Å². The first-order valence-corrected chi connectivity index (χ1v) is 14.1. The van der Waals surface area contributed by atoms with Crippen molar-refractivity contribution in [2.75, 3.05) is 13.2 Å². The minimum Gasteiger partial charge on any atom is -0.490 e. The van der Waals surface area contributed by atoms with Crippen molar-refractivity contribution in [3.8, 4) is 16.9 Å². The van der Waals surface area contributed by atoms with Gasteiger partial charge in [-0.25, -0.2) is 17.5 Å². The summed E-state index contributed by atoms with van der Waals surface area (Å²) in [6.45, 7) is 11.5. The molecule has 39 heavy (non-hydrogen) atoms. The van der Waals surface area contributed by atoms with Crippen molar-refractivity contribution in [1.82, 2.24) is 29.6 Å². The summed E-state index contributed by atoms with van der Waals surface area (Å²) in [4.78, 5) is 16.7. The van der Waals surface area contributed by atoms with Crippen LogP contribution >= 0.6 is 0 Å². The molecule has 0 bridgehead atoms. The number of hydrogen-bond acceptors (Lipinski definition) is 7. The Morgan fingerprint density at radius 2 is 2.05 bits per heavy atom. The number of benzene rings is 1. The number of nitrogens with one attached hydrogen (secondary N) is 1. The van der Waals surface area contributed by atoms with Crippen LogP contribution in [-0.2, 0) is 22.1 Å². The molecule has 1 saturated heterocycles. The molecule has 208 valence electrons. The van der Waals surface area contributed by atoms with Gasteiger partial charge < -0.3 is 10.1 Å². The van der Waals surface area contributed by atoms with Crippen LogP contribution in [-0.4, -0.2) is 57.8 Å². The van der Waals surface area contributed by atoms with Crippen LogP contribution < -0.4 is 10.1 Å². The molecule has 10 nitrogen and oxygen atoms in total. The second-order valence-corrected chi connectivity index (χ2v) is 12.2. The summed E-state index contributed by atoms with van der Waals surface area (Å²) in [6.07, 6.45) is 5.99. The second-order valence-electron chi connectivity index (χ2n) is 10.4. The number of sulfonamides is 1. The van der Waals surface area contributed by atoms with Crippen LogP contribution in [0.2, 0.25) is 0 Å². The van der Waals surface area contributed by atoms with Crippen LogP contribution in [0.15, 0.2) is 48.8 Å². The fourth-order valence-corrected chi connectivity index (χ4v) is 5.55. The van der Waals surface area contributed by atoms with Gasteiger partial charge in [-0.1, -0.05) is 23.9 Å². The molecular formula is C27H33FN6O4S. The third kappa shape index (κ3) is 6.17. The third-order valence-electron chi connectivity index (χ3n) is 6.72. The van der Waals surface area contributed by atoms with Crippen molar-refractivity contribution < 1.29 is 22.3 Å². The fourth-order valence-electron chi connectivity index (χ4n) is 4.40. The summed E-state index contributed by atoms with van der Waals surface area (Å²) in [5, 5.41) is 11.7. The lowest BCUT2D eigenvalue weighted by atomic mass is 9.98. The van der Waals surface area contributed by atoms with E-state index in [9.17, 15) is 13.2 Å². The van der Waals surface area contributed by atoms with Gasteiger partial charge in [-0.05, 0) is 57.7 Å². The molecule has 1 aliphatic heterocycles.